The van der Waals surface area contributed by atoms with Gasteiger partial charge in [-0.25, -0.2) is 4.79 Å². The maximum atomic E-state index is 11.2. The molecule has 0 bridgehead atoms. The lowest BCUT2D eigenvalue weighted by molar-refractivity contribution is -0.155. The van der Waals surface area contributed by atoms with Gasteiger partial charge in [0.2, 0.25) is 0 Å². The molecule has 9 heteroatoms. The summed E-state index contributed by atoms with van der Waals surface area (Å²) in [4.78, 5) is 18.4. The van der Waals surface area contributed by atoms with E-state index in [0.29, 0.717) is 0 Å². The molecule has 0 spiro atoms. The van der Waals surface area contributed by atoms with Crippen molar-refractivity contribution < 1.29 is 37.5 Å². The van der Waals surface area contributed by atoms with Crippen LogP contribution in [0.1, 0.15) is 6.42 Å². The molecule has 0 fully saturated rings. The predicted octanol–water partition coefficient (Wildman–Crippen LogP) is 0.209. The van der Waals surface area contributed by atoms with Crippen molar-refractivity contribution in [2.75, 3.05) is 0 Å². The van der Waals surface area contributed by atoms with Gasteiger partial charge < -0.3 is 14.9 Å². The Kier molecular flexibility index (Phi) is 4.12. The fourth-order valence-corrected chi connectivity index (χ4v) is 2.02. The van der Waals surface area contributed by atoms with Crippen LogP contribution >= 0.6 is 0 Å². The SMILES string of the molecule is O=C(O)CC(Oc1ccccc1)(C(=O)O)S(=O)(=O)O. The lowest BCUT2D eigenvalue weighted by atomic mass is 10.2. The summed E-state index contributed by atoms with van der Waals surface area (Å²) < 4.78 is 36.2. The van der Waals surface area contributed by atoms with E-state index in [9.17, 15) is 18.0 Å². The van der Waals surface area contributed by atoms with Crippen LogP contribution in [0.2, 0.25) is 0 Å². The van der Waals surface area contributed by atoms with Crippen LogP contribution in [0.25, 0.3) is 0 Å². The fraction of sp³-hybridized carbons (Fsp3) is 0.200. The van der Waals surface area contributed by atoms with E-state index in [-0.39, 0.29) is 5.75 Å². The number of aliphatic carboxylic acids is 2. The zero-order chi connectivity index (χ0) is 14.7. The Morgan fingerprint density at radius 1 is 1.16 bits per heavy atom. The van der Waals surface area contributed by atoms with Gasteiger partial charge in [-0.15, -0.1) is 0 Å². The zero-order valence-corrected chi connectivity index (χ0v) is 10.2. The number of carboxylic acid groups (broad SMARTS) is 2. The normalized spacial score (nSPS) is 14.4. The molecule has 0 saturated heterocycles. The molecule has 0 aliphatic heterocycles. The number of hydrogen-bond donors (Lipinski definition) is 3. The molecule has 0 amide bonds. The number of rotatable bonds is 6. The predicted molar refractivity (Wildman–Crippen MR) is 61.2 cm³/mol. The molecule has 8 nitrogen and oxygen atoms in total. The summed E-state index contributed by atoms with van der Waals surface area (Å²) in [7, 11) is -5.32. The van der Waals surface area contributed by atoms with Gasteiger partial charge in [-0.2, -0.15) is 8.42 Å². The van der Waals surface area contributed by atoms with Gasteiger partial charge >= 0.3 is 27.0 Å². The Bertz CT molecular complexity index is 579. The molecule has 1 aromatic rings. The molecule has 19 heavy (non-hydrogen) atoms. The largest absolute Gasteiger partial charge is 0.481 e. The highest BCUT2D eigenvalue weighted by atomic mass is 32.2. The molecule has 1 unspecified atom stereocenters. The van der Waals surface area contributed by atoms with Crippen molar-refractivity contribution in [1.29, 1.82) is 0 Å². The Hall–Kier alpha value is -2.13. The Labute approximate surface area is 108 Å². The number of carbonyl (C=O) groups is 2. The molecular formula is C10H10O8S. The van der Waals surface area contributed by atoms with Gasteiger partial charge in [-0.1, -0.05) is 18.2 Å². The van der Waals surface area contributed by atoms with Crippen molar-refractivity contribution in [2.45, 2.75) is 11.4 Å². The fourth-order valence-electron chi connectivity index (χ4n) is 1.29. The second kappa shape index (κ2) is 5.24. The second-order valence-electron chi connectivity index (χ2n) is 3.52. The lowest BCUT2D eigenvalue weighted by Crippen LogP contribution is -2.52. The molecule has 0 aliphatic carbocycles. The summed E-state index contributed by atoms with van der Waals surface area (Å²) in [6.07, 6.45) is -1.45. The van der Waals surface area contributed by atoms with E-state index in [1.165, 1.54) is 24.3 Å². The van der Waals surface area contributed by atoms with E-state index < -0.39 is 33.4 Å². The topological polar surface area (TPSA) is 138 Å². The van der Waals surface area contributed by atoms with Crippen LogP contribution in [0.15, 0.2) is 30.3 Å². The van der Waals surface area contributed by atoms with Crippen LogP contribution in [-0.4, -0.2) is 40.1 Å². The third-order valence-electron chi connectivity index (χ3n) is 2.15. The summed E-state index contributed by atoms with van der Waals surface area (Å²) >= 11 is 0. The van der Waals surface area contributed by atoms with Gasteiger partial charge in [0, 0.05) is 0 Å². The number of ether oxygens (including phenoxy) is 1. The van der Waals surface area contributed by atoms with Crippen molar-refractivity contribution in [2.24, 2.45) is 0 Å². The number of carboxylic acids is 2. The molecule has 0 radical (unpaired) electrons. The number of benzene rings is 1. The van der Waals surface area contributed by atoms with Crippen molar-refractivity contribution in [1.82, 2.24) is 0 Å². The van der Waals surface area contributed by atoms with Crippen molar-refractivity contribution in [3.63, 3.8) is 0 Å². The summed E-state index contributed by atoms with van der Waals surface area (Å²) in [6.45, 7) is 0. The molecule has 1 atom stereocenters. The van der Waals surface area contributed by atoms with Crippen LogP contribution in [0.3, 0.4) is 0 Å². The van der Waals surface area contributed by atoms with Crippen LogP contribution in [-0.2, 0) is 19.7 Å². The third kappa shape index (κ3) is 3.20. The van der Waals surface area contributed by atoms with Crippen molar-refractivity contribution in [3.05, 3.63) is 30.3 Å². The number of hydrogen-bond acceptors (Lipinski definition) is 5. The van der Waals surface area contributed by atoms with Gasteiger partial charge in [0.1, 0.15) is 12.2 Å². The highest BCUT2D eigenvalue weighted by molar-refractivity contribution is 7.88. The Morgan fingerprint density at radius 3 is 2.05 bits per heavy atom. The molecule has 0 aliphatic rings. The van der Waals surface area contributed by atoms with E-state index in [1.807, 2.05) is 0 Å². The van der Waals surface area contributed by atoms with Crippen LogP contribution in [0, 0.1) is 0 Å². The average molecular weight is 290 g/mol. The minimum absolute atomic E-state index is 0.205. The summed E-state index contributed by atoms with van der Waals surface area (Å²) in [5, 5.41) is 17.6. The van der Waals surface area contributed by atoms with Crippen molar-refractivity contribution >= 4 is 22.1 Å². The molecule has 104 valence electrons. The van der Waals surface area contributed by atoms with E-state index in [0.717, 1.165) is 0 Å². The summed E-state index contributed by atoms with van der Waals surface area (Å²) in [5.41, 5.74) is 0. The Balaban J connectivity index is 3.33. The lowest BCUT2D eigenvalue weighted by Gasteiger charge is -2.25. The van der Waals surface area contributed by atoms with E-state index >= 15 is 0 Å². The Morgan fingerprint density at radius 2 is 1.68 bits per heavy atom. The molecule has 3 N–H and O–H groups in total. The molecule has 0 heterocycles. The van der Waals surface area contributed by atoms with Gasteiger partial charge in [0.05, 0.1) is 0 Å². The monoisotopic (exact) mass is 290 g/mol. The molecule has 0 aromatic heterocycles. The first-order valence-electron chi connectivity index (χ1n) is 4.85. The van der Waals surface area contributed by atoms with E-state index in [4.69, 9.17) is 19.5 Å². The summed E-state index contributed by atoms with van der Waals surface area (Å²) in [5.74, 6) is -4.08. The first-order valence-corrected chi connectivity index (χ1v) is 6.29. The standard InChI is InChI=1S/C10H10O8S/c11-8(12)6-10(9(13)14,19(15,16)17)18-7-4-2-1-3-5-7/h1-5H,6H2,(H,11,12)(H,13,14)(H,15,16,17). The zero-order valence-electron chi connectivity index (χ0n) is 9.38. The summed E-state index contributed by atoms with van der Waals surface area (Å²) in [6, 6.07) is 6.86. The minimum atomic E-state index is -5.32. The van der Waals surface area contributed by atoms with Crippen molar-refractivity contribution in [3.8, 4) is 5.75 Å². The van der Waals surface area contributed by atoms with Gasteiger partial charge in [-0.05, 0) is 12.1 Å². The maximum Gasteiger partial charge on any atom is 0.367 e. The first kappa shape index (κ1) is 14.9. The molecular weight excluding hydrogens is 280 g/mol. The average Bonchev–Trinajstić information content (AvgIpc) is 2.27. The number of para-hydroxylation sites is 1. The van der Waals surface area contributed by atoms with Gasteiger partial charge in [-0.3, -0.25) is 9.35 Å². The maximum absolute atomic E-state index is 11.2. The second-order valence-corrected chi connectivity index (χ2v) is 5.13. The van der Waals surface area contributed by atoms with Crippen LogP contribution in [0.5, 0.6) is 5.75 Å². The minimum Gasteiger partial charge on any atom is -0.481 e. The van der Waals surface area contributed by atoms with Gasteiger partial charge in [0.15, 0.2) is 0 Å². The molecule has 0 saturated carbocycles. The third-order valence-corrected chi connectivity index (χ3v) is 3.39. The van der Waals surface area contributed by atoms with E-state index in [1.54, 1.807) is 6.07 Å². The molecule has 1 rings (SSSR count). The molecule has 1 aromatic carbocycles. The van der Waals surface area contributed by atoms with Gasteiger partial charge in [0.25, 0.3) is 0 Å². The van der Waals surface area contributed by atoms with E-state index in [2.05, 4.69) is 0 Å². The van der Waals surface area contributed by atoms with Crippen LogP contribution < -0.4 is 4.74 Å². The van der Waals surface area contributed by atoms with Crippen LogP contribution in [0.4, 0.5) is 0 Å². The highest BCUT2D eigenvalue weighted by Crippen LogP contribution is 2.27. The first-order chi connectivity index (χ1) is 8.69. The quantitative estimate of drug-likeness (QED) is 0.632. The smallest absolute Gasteiger partial charge is 0.367 e. The highest BCUT2D eigenvalue weighted by Gasteiger charge is 2.55.